The highest BCUT2D eigenvalue weighted by atomic mass is 16.3. The van der Waals surface area contributed by atoms with E-state index in [4.69, 9.17) is 0 Å². The first-order valence-electron chi connectivity index (χ1n) is 4.40. The van der Waals surface area contributed by atoms with E-state index < -0.39 is 0 Å². The molecule has 0 aromatic carbocycles. The quantitative estimate of drug-likeness (QED) is 0.626. The summed E-state index contributed by atoms with van der Waals surface area (Å²) in [5.74, 6) is 1.32. The molecule has 1 saturated carbocycles. The van der Waals surface area contributed by atoms with E-state index in [0.717, 1.165) is 5.92 Å². The Morgan fingerprint density at radius 1 is 1.20 bits per heavy atom. The molecule has 1 N–H and O–H groups in total. The maximum Gasteiger partial charge on any atom is 0.0540 e. The summed E-state index contributed by atoms with van der Waals surface area (Å²) in [6.45, 7) is 4.07. The van der Waals surface area contributed by atoms with Gasteiger partial charge in [-0.3, -0.25) is 0 Å². The van der Waals surface area contributed by atoms with E-state index in [2.05, 4.69) is 6.92 Å². The van der Waals surface area contributed by atoms with Crippen LogP contribution in [0.5, 0.6) is 0 Å². The molecule has 0 heterocycles. The van der Waals surface area contributed by atoms with Crippen molar-refractivity contribution in [3.8, 4) is 0 Å². The minimum atomic E-state index is -0.108. The second-order valence-corrected chi connectivity index (χ2v) is 3.64. The molecule has 2 unspecified atom stereocenters. The van der Waals surface area contributed by atoms with E-state index >= 15 is 0 Å². The summed E-state index contributed by atoms with van der Waals surface area (Å²) in [4.78, 5) is 0. The van der Waals surface area contributed by atoms with Gasteiger partial charge in [-0.2, -0.15) is 0 Å². The average Bonchev–Trinajstić information content (AvgIpc) is 2.36. The number of hydrogen-bond donors (Lipinski definition) is 1. The van der Waals surface area contributed by atoms with Gasteiger partial charge in [0, 0.05) is 0 Å². The van der Waals surface area contributed by atoms with E-state index in [-0.39, 0.29) is 6.10 Å². The van der Waals surface area contributed by atoms with Gasteiger partial charge in [0.25, 0.3) is 0 Å². The van der Waals surface area contributed by atoms with Crippen LogP contribution in [0.3, 0.4) is 0 Å². The summed E-state index contributed by atoms with van der Waals surface area (Å²) in [6, 6.07) is 0. The predicted octanol–water partition coefficient (Wildman–Crippen LogP) is 2.19. The Kier molecular flexibility index (Phi) is 2.72. The summed E-state index contributed by atoms with van der Waals surface area (Å²) in [7, 11) is 0. The first-order chi connectivity index (χ1) is 4.72. The number of aliphatic hydroxyl groups excluding tert-OH is 1. The first kappa shape index (κ1) is 8.06. The highest BCUT2D eigenvalue weighted by Crippen LogP contribution is 2.32. The van der Waals surface area contributed by atoms with Crippen LogP contribution in [-0.2, 0) is 0 Å². The second kappa shape index (κ2) is 3.38. The smallest absolute Gasteiger partial charge is 0.0540 e. The van der Waals surface area contributed by atoms with Gasteiger partial charge in [0.2, 0.25) is 0 Å². The molecule has 0 saturated heterocycles. The lowest BCUT2D eigenvalue weighted by Crippen LogP contribution is -2.20. The van der Waals surface area contributed by atoms with Crippen molar-refractivity contribution in [2.75, 3.05) is 0 Å². The number of aliphatic hydroxyl groups is 1. The first-order valence-corrected chi connectivity index (χ1v) is 4.40. The topological polar surface area (TPSA) is 20.2 Å². The van der Waals surface area contributed by atoms with Gasteiger partial charge < -0.3 is 5.11 Å². The zero-order chi connectivity index (χ0) is 7.56. The minimum absolute atomic E-state index is 0.108. The van der Waals surface area contributed by atoms with Gasteiger partial charge in [-0.15, -0.1) is 0 Å². The Labute approximate surface area is 63.4 Å². The molecule has 0 amide bonds. The Morgan fingerprint density at radius 2 is 1.70 bits per heavy atom. The molecule has 60 valence electrons. The Balaban J connectivity index is 2.32. The number of rotatable bonds is 2. The van der Waals surface area contributed by atoms with Crippen LogP contribution in [-0.4, -0.2) is 11.2 Å². The molecule has 1 aliphatic carbocycles. The third-order valence-electron chi connectivity index (χ3n) is 2.90. The normalized spacial score (nSPS) is 26.7. The summed E-state index contributed by atoms with van der Waals surface area (Å²) in [5.41, 5.74) is 0. The van der Waals surface area contributed by atoms with E-state index in [0.29, 0.717) is 5.92 Å². The van der Waals surface area contributed by atoms with Gasteiger partial charge in [-0.05, 0) is 18.8 Å². The van der Waals surface area contributed by atoms with Gasteiger partial charge in [0.15, 0.2) is 0 Å². The lowest BCUT2D eigenvalue weighted by atomic mass is 9.89. The van der Waals surface area contributed by atoms with Crippen molar-refractivity contribution in [2.45, 2.75) is 45.6 Å². The summed E-state index contributed by atoms with van der Waals surface area (Å²) >= 11 is 0. The highest BCUT2D eigenvalue weighted by molar-refractivity contribution is 4.75. The van der Waals surface area contributed by atoms with E-state index in [9.17, 15) is 5.11 Å². The van der Waals surface area contributed by atoms with Crippen molar-refractivity contribution >= 4 is 0 Å². The summed E-state index contributed by atoms with van der Waals surface area (Å²) < 4.78 is 0. The SMILES string of the molecule is CC(O)C(C)C1CCCC1. The molecule has 0 aromatic heterocycles. The van der Waals surface area contributed by atoms with Gasteiger partial charge in [-0.25, -0.2) is 0 Å². The second-order valence-electron chi connectivity index (χ2n) is 3.64. The van der Waals surface area contributed by atoms with Crippen molar-refractivity contribution in [3.63, 3.8) is 0 Å². The van der Waals surface area contributed by atoms with Gasteiger partial charge in [0.1, 0.15) is 0 Å². The highest BCUT2D eigenvalue weighted by Gasteiger charge is 2.24. The van der Waals surface area contributed by atoms with E-state index in [1.807, 2.05) is 6.92 Å². The van der Waals surface area contributed by atoms with E-state index in [1.165, 1.54) is 25.7 Å². The van der Waals surface area contributed by atoms with Crippen LogP contribution in [0.1, 0.15) is 39.5 Å². The Morgan fingerprint density at radius 3 is 2.10 bits per heavy atom. The molecular formula is C9H18O. The summed E-state index contributed by atoms with van der Waals surface area (Å²) in [5, 5.41) is 9.28. The van der Waals surface area contributed by atoms with Crippen LogP contribution in [0.25, 0.3) is 0 Å². The molecule has 10 heavy (non-hydrogen) atoms. The molecule has 0 bridgehead atoms. The van der Waals surface area contributed by atoms with Crippen LogP contribution in [0.2, 0.25) is 0 Å². The average molecular weight is 142 g/mol. The van der Waals surface area contributed by atoms with E-state index in [1.54, 1.807) is 0 Å². The fourth-order valence-electron chi connectivity index (χ4n) is 1.88. The number of hydrogen-bond acceptors (Lipinski definition) is 1. The Bertz CT molecular complexity index is 92.9. The lowest BCUT2D eigenvalue weighted by Gasteiger charge is -2.21. The monoisotopic (exact) mass is 142 g/mol. The third-order valence-corrected chi connectivity index (χ3v) is 2.90. The molecule has 2 atom stereocenters. The zero-order valence-corrected chi connectivity index (χ0v) is 7.01. The minimum Gasteiger partial charge on any atom is -0.393 e. The van der Waals surface area contributed by atoms with Gasteiger partial charge in [0.05, 0.1) is 6.10 Å². The summed E-state index contributed by atoms with van der Waals surface area (Å²) in [6.07, 6.45) is 5.32. The molecule has 1 aliphatic rings. The molecule has 0 aliphatic heterocycles. The van der Waals surface area contributed by atoms with Crippen LogP contribution >= 0.6 is 0 Å². The maximum atomic E-state index is 9.28. The molecule has 0 spiro atoms. The van der Waals surface area contributed by atoms with Crippen LogP contribution in [0.15, 0.2) is 0 Å². The van der Waals surface area contributed by atoms with Crippen LogP contribution in [0, 0.1) is 11.8 Å². The van der Waals surface area contributed by atoms with Gasteiger partial charge in [-0.1, -0.05) is 32.6 Å². The van der Waals surface area contributed by atoms with Crippen molar-refractivity contribution in [1.82, 2.24) is 0 Å². The standard InChI is InChI=1S/C9H18O/c1-7(8(2)10)9-5-3-4-6-9/h7-10H,3-6H2,1-2H3. The maximum absolute atomic E-state index is 9.28. The van der Waals surface area contributed by atoms with Gasteiger partial charge >= 0.3 is 0 Å². The third kappa shape index (κ3) is 1.72. The van der Waals surface area contributed by atoms with Crippen molar-refractivity contribution in [2.24, 2.45) is 11.8 Å². The fraction of sp³-hybridized carbons (Fsp3) is 1.00. The molecule has 1 heteroatoms. The molecule has 0 aromatic rings. The zero-order valence-electron chi connectivity index (χ0n) is 7.01. The molecule has 1 nitrogen and oxygen atoms in total. The fourth-order valence-corrected chi connectivity index (χ4v) is 1.88. The largest absolute Gasteiger partial charge is 0.393 e. The van der Waals surface area contributed by atoms with Crippen LogP contribution < -0.4 is 0 Å². The predicted molar refractivity (Wildman–Crippen MR) is 42.8 cm³/mol. The van der Waals surface area contributed by atoms with Crippen molar-refractivity contribution in [3.05, 3.63) is 0 Å². The van der Waals surface area contributed by atoms with Crippen molar-refractivity contribution < 1.29 is 5.11 Å². The van der Waals surface area contributed by atoms with Crippen LogP contribution in [0.4, 0.5) is 0 Å². The molecule has 0 radical (unpaired) electrons. The van der Waals surface area contributed by atoms with Crippen molar-refractivity contribution in [1.29, 1.82) is 0 Å². The Hall–Kier alpha value is -0.0400. The molecule has 1 rings (SSSR count). The lowest BCUT2D eigenvalue weighted by molar-refractivity contribution is 0.100. The molecule has 1 fully saturated rings. The molecular weight excluding hydrogens is 124 g/mol.